The molecule has 0 saturated heterocycles. The average Bonchev–Trinajstić information content (AvgIpc) is 2.48. The number of amides is 1. The van der Waals surface area contributed by atoms with E-state index in [9.17, 15) is 4.79 Å². The Labute approximate surface area is 118 Å². The summed E-state index contributed by atoms with van der Waals surface area (Å²) >= 11 is 0. The van der Waals surface area contributed by atoms with Crippen LogP contribution in [-0.4, -0.2) is 24.5 Å². The van der Waals surface area contributed by atoms with Crippen molar-refractivity contribution >= 4 is 17.3 Å². The number of pyridine rings is 1. The Morgan fingerprint density at radius 2 is 2.20 bits per heavy atom. The lowest BCUT2D eigenvalue weighted by Gasteiger charge is -2.12. The highest BCUT2D eigenvalue weighted by Gasteiger charge is 2.09. The van der Waals surface area contributed by atoms with Gasteiger partial charge in [0, 0.05) is 37.4 Å². The molecule has 1 heterocycles. The Bertz CT molecular complexity index is 584. The molecular formula is C15H18N4O. The molecule has 104 valence electrons. The van der Waals surface area contributed by atoms with Crippen molar-refractivity contribution in [1.29, 1.82) is 0 Å². The van der Waals surface area contributed by atoms with Gasteiger partial charge >= 0.3 is 0 Å². The van der Waals surface area contributed by atoms with Gasteiger partial charge in [-0.1, -0.05) is 6.07 Å². The molecule has 0 radical (unpaired) electrons. The molecule has 0 aliphatic heterocycles. The molecule has 20 heavy (non-hydrogen) atoms. The van der Waals surface area contributed by atoms with Crippen LogP contribution in [0.25, 0.3) is 0 Å². The van der Waals surface area contributed by atoms with Crippen LogP contribution in [0.1, 0.15) is 15.9 Å². The first-order valence-electron chi connectivity index (χ1n) is 6.45. The van der Waals surface area contributed by atoms with Gasteiger partial charge in [0.25, 0.3) is 5.91 Å². The van der Waals surface area contributed by atoms with Crippen LogP contribution in [0, 0.1) is 0 Å². The molecule has 4 N–H and O–H groups in total. The van der Waals surface area contributed by atoms with Crippen LogP contribution >= 0.6 is 0 Å². The number of rotatable bonds is 5. The van der Waals surface area contributed by atoms with Gasteiger partial charge in [-0.15, -0.1) is 0 Å². The second-order valence-electron chi connectivity index (χ2n) is 4.42. The third-order valence-electron chi connectivity index (χ3n) is 2.97. The second-order valence-corrected chi connectivity index (χ2v) is 4.42. The van der Waals surface area contributed by atoms with E-state index in [1.165, 1.54) is 0 Å². The van der Waals surface area contributed by atoms with Gasteiger partial charge in [-0.05, 0) is 36.2 Å². The Balaban J connectivity index is 2.05. The minimum absolute atomic E-state index is 0.131. The van der Waals surface area contributed by atoms with Crippen LogP contribution in [0.2, 0.25) is 0 Å². The molecule has 5 heteroatoms. The third kappa shape index (κ3) is 3.47. The molecular weight excluding hydrogens is 252 g/mol. The van der Waals surface area contributed by atoms with Gasteiger partial charge in [-0.3, -0.25) is 9.78 Å². The highest BCUT2D eigenvalue weighted by Crippen LogP contribution is 2.19. The van der Waals surface area contributed by atoms with E-state index in [4.69, 9.17) is 5.73 Å². The summed E-state index contributed by atoms with van der Waals surface area (Å²) in [6, 6.07) is 9.14. The van der Waals surface area contributed by atoms with E-state index >= 15 is 0 Å². The molecule has 0 bridgehead atoms. The van der Waals surface area contributed by atoms with E-state index in [-0.39, 0.29) is 5.91 Å². The number of nitrogens with zero attached hydrogens (tertiary/aromatic N) is 1. The Morgan fingerprint density at radius 3 is 2.90 bits per heavy atom. The molecule has 0 aliphatic rings. The zero-order chi connectivity index (χ0) is 14.4. The van der Waals surface area contributed by atoms with Gasteiger partial charge in [-0.25, -0.2) is 0 Å². The van der Waals surface area contributed by atoms with E-state index in [0.29, 0.717) is 17.8 Å². The largest absolute Gasteiger partial charge is 0.399 e. The molecule has 0 unspecified atom stereocenters. The van der Waals surface area contributed by atoms with Crippen LogP contribution in [0.3, 0.4) is 0 Å². The summed E-state index contributed by atoms with van der Waals surface area (Å²) in [6.07, 6.45) is 4.41. The third-order valence-corrected chi connectivity index (χ3v) is 2.97. The molecule has 0 saturated carbocycles. The van der Waals surface area contributed by atoms with Crippen molar-refractivity contribution in [1.82, 2.24) is 10.3 Å². The Morgan fingerprint density at radius 1 is 1.35 bits per heavy atom. The number of nitrogens with one attached hydrogen (secondary N) is 2. The van der Waals surface area contributed by atoms with Crippen molar-refractivity contribution in [3.63, 3.8) is 0 Å². The van der Waals surface area contributed by atoms with Gasteiger partial charge in [0.2, 0.25) is 0 Å². The predicted octanol–water partition coefficient (Wildman–Crippen LogP) is 1.68. The van der Waals surface area contributed by atoms with Crippen molar-refractivity contribution in [3.05, 3.63) is 53.9 Å². The minimum Gasteiger partial charge on any atom is -0.399 e. The summed E-state index contributed by atoms with van der Waals surface area (Å²) in [4.78, 5) is 15.8. The maximum atomic E-state index is 11.8. The van der Waals surface area contributed by atoms with E-state index in [2.05, 4.69) is 15.6 Å². The molecule has 0 atom stereocenters. The van der Waals surface area contributed by atoms with Crippen molar-refractivity contribution in [2.24, 2.45) is 0 Å². The normalized spacial score (nSPS) is 10.1. The lowest BCUT2D eigenvalue weighted by molar-refractivity contribution is 0.0964. The topological polar surface area (TPSA) is 80.0 Å². The van der Waals surface area contributed by atoms with Crippen molar-refractivity contribution < 1.29 is 4.79 Å². The van der Waals surface area contributed by atoms with Crippen molar-refractivity contribution in [2.45, 2.75) is 6.42 Å². The summed E-state index contributed by atoms with van der Waals surface area (Å²) in [5, 5.41) is 5.87. The van der Waals surface area contributed by atoms with Crippen LogP contribution in [0.4, 0.5) is 11.4 Å². The smallest absolute Gasteiger partial charge is 0.253 e. The summed E-state index contributed by atoms with van der Waals surface area (Å²) in [5.41, 5.74) is 8.87. The average molecular weight is 270 g/mol. The molecule has 5 nitrogen and oxygen atoms in total. The van der Waals surface area contributed by atoms with Crippen molar-refractivity contribution in [3.8, 4) is 0 Å². The SMILES string of the molecule is CNC(=O)c1ccc(N)cc1NCCc1cccnc1. The fourth-order valence-corrected chi connectivity index (χ4v) is 1.93. The van der Waals surface area contributed by atoms with Crippen molar-refractivity contribution in [2.75, 3.05) is 24.6 Å². The summed E-state index contributed by atoms with van der Waals surface area (Å²) in [7, 11) is 1.61. The summed E-state index contributed by atoms with van der Waals surface area (Å²) in [6.45, 7) is 0.707. The summed E-state index contributed by atoms with van der Waals surface area (Å²) in [5.74, 6) is -0.131. The van der Waals surface area contributed by atoms with Gasteiger partial charge in [0.05, 0.1) is 5.56 Å². The molecule has 0 spiro atoms. The quantitative estimate of drug-likeness (QED) is 0.722. The Hall–Kier alpha value is -2.56. The molecule has 1 aromatic carbocycles. The molecule has 0 fully saturated rings. The fraction of sp³-hybridized carbons (Fsp3) is 0.200. The number of carbonyl (C=O) groups is 1. The highest BCUT2D eigenvalue weighted by atomic mass is 16.1. The maximum Gasteiger partial charge on any atom is 0.253 e. The van der Waals surface area contributed by atoms with Gasteiger partial charge in [0.15, 0.2) is 0 Å². The van der Waals surface area contributed by atoms with E-state index < -0.39 is 0 Å². The number of hydrogen-bond donors (Lipinski definition) is 3. The van der Waals surface area contributed by atoms with Crippen LogP contribution in [-0.2, 0) is 6.42 Å². The molecule has 0 aliphatic carbocycles. The molecule has 1 amide bonds. The minimum atomic E-state index is -0.131. The number of aromatic nitrogens is 1. The Kier molecular flexibility index (Phi) is 4.55. The van der Waals surface area contributed by atoms with Crippen LogP contribution in [0.5, 0.6) is 0 Å². The van der Waals surface area contributed by atoms with E-state index in [1.54, 1.807) is 31.4 Å². The van der Waals surface area contributed by atoms with Gasteiger partial charge < -0.3 is 16.4 Å². The lowest BCUT2D eigenvalue weighted by atomic mass is 10.1. The first kappa shape index (κ1) is 13.9. The first-order valence-corrected chi connectivity index (χ1v) is 6.45. The number of benzene rings is 1. The lowest BCUT2D eigenvalue weighted by Crippen LogP contribution is -2.20. The van der Waals surface area contributed by atoms with Crippen LogP contribution < -0.4 is 16.4 Å². The van der Waals surface area contributed by atoms with E-state index in [1.807, 2.05) is 18.3 Å². The number of anilines is 2. The van der Waals surface area contributed by atoms with Crippen LogP contribution in [0.15, 0.2) is 42.7 Å². The first-order chi connectivity index (χ1) is 9.70. The monoisotopic (exact) mass is 270 g/mol. The number of hydrogen-bond acceptors (Lipinski definition) is 4. The van der Waals surface area contributed by atoms with Gasteiger partial charge in [0.1, 0.15) is 0 Å². The maximum absolute atomic E-state index is 11.8. The molecule has 2 rings (SSSR count). The predicted molar refractivity (Wildman–Crippen MR) is 80.7 cm³/mol. The summed E-state index contributed by atoms with van der Waals surface area (Å²) < 4.78 is 0. The zero-order valence-corrected chi connectivity index (χ0v) is 11.4. The molecule has 1 aromatic heterocycles. The van der Waals surface area contributed by atoms with Gasteiger partial charge in [-0.2, -0.15) is 0 Å². The number of nitrogens with two attached hydrogens (primary N) is 1. The molecule has 2 aromatic rings. The highest BCUT2D eigenvalue weighted by molar-refractivity contribution is 6.00. The number of carbonyl (C=O) groups excluding carboxylic acids is 1. The second kappa shape index (κ2) is 6.56. The fourth-order valence-electron chi connectivity index (χ4n) is 1.93. The number of nitrogen functional groups attached to an aromatic ring is 1. The standard InChI is InChI=1S/C15H18N4O/c1-17-15(20)13-5-4-12(16)9-14(13)19-8-6-11-3-2-7-18-10-11/h2-5,7,9-10,19H,6,8,16H2,1H3,(H,17,20). The van der Waals surface area contributed by atoms with E-state index in [0.717, 1.165) is 17.7 Å². The zero-order valence-electron chi connectivity index (χ0n) is 11.4.